The largest absolute Gasteiger partial charge is 0.378 e. The van der Waals surface area contributed by atoms with Gasteiger partial charge in [-0.3, -0.25) is 10.1 Å². The third-order valence-electron chi connectivity index (χ3n) is 3.45. The van der Waals surface area contributed by atoms with E-state index in [2.05, 4.69) is 6.07 Å². The van der Waals surface area contributed by atoms with Crippen molar-refractivity contribution in [2.24, 2.45) is 0 Å². The minimum atomic E-state index is -0.472. The number of anilines is 1. The Morgan fingerprint density at radius 1 is 1.21 bits per heavy atom. The summed E-state index contributed by atoms with van der Waals surface area (Å²) in [6.07, 6.45) is 5.30. The van der Waals surface area contributed by atoms with E-state index in [9.17, 15) is 15.4 Å². The van der Waals surface area contributed by atoms with Gasteiger partial charge in [0.25, 0.3) is 5.69 Å². The lowest BCUT2D eigenvalue weighted by atomic mass is 10.1. The van der Waals surface area contributed by atoms with E-state index in [0.717, 1.165) is 11.3 Å². The maximum absolute atomic E-state index is 10.8. The Hall–Kier alpha value is -3.39. The van der Waals surface area contributed by atoms with Crippen LogP contribution in [0.3, 0.4) is 0 Å². The molecule has 5 nitrogen and oxygen atoms in total. The highest BCUT2D eigenvalue weighted by Gasteiger charge is 2.07. The Kier molecular flexibility index (Phi) is 5.48. The van der Waals surface area contributed by atoms with Crippen LogP contribution in [-0.4, -0.2) is 19.0 Å². The van der Waals surface area contributed by atoms with Crippen LogP contribution >= 0.6 is 0 Å². The standard InChI is InChI=1S/C19H17N3O2/c1-21(2)18-11-9-15(10-12-18)5-3-7-17(14-20)16-6-4-8-19(13-16)22(23)24/h3-13H,1-2H3. The molecule has 2 aromatic rings. The molecule has 0 saturated carbocycles. The second kappa shape index (κ2) is 7.75. The van der Waals surface area contributed by atoms with Gasteiger partial charge in [-0.2, -0.15) is 5.26 Å². The minimum absolute atomic E-state index is 0.0306. The van der Waals surface area contributed by atoms with Crippen LogP contribution < -0.4 is 4.90 Å². The molecule has 0 amide bonds. The maximum Gasteiger partial charge on any atom is 0.270 e. The summed E-state index contributed by atoms with van der Waals surface area (Å²) in [7, 11) is 3.96. The molecule has 0 aliphatic heterocycles. The van der Waals surface area contributed by atoms with Crippen LogP contribution in [0.5, 0.6) is 0 Å². The summed E-state index contributed by atoms with van der Waals surface area (Å²) >= 11 is 0. The van der Waals surface area contributed by atoms with E-state index in [1.165, 1.54) is 12.1 Å². The lowest BCUT2D eigenvalue weighted by Crippen LogP contribution is -2.07. The van der Waals surface area contributed by atoms with Crippen LogP contribution in [0.15, 0.2) is 60.7 Å². The van der Waals surface area contributed by atoms with Crippen molar-refractivity contribution in [3.8, 4) is 6.07 Å². The Morgan fingerprint density at radius 3 is 2.50 bits per heavy atom. The molecule has 0 aromatic heterocycles. The molecule has 2 rings (SSSR count). The highest BCUT2D eigenvalue weighted by Crippen LogP contribution is 2.20. The molecule has 0 bridgehead atoms. The summed E-state index contributed by atoms with van der Waals surface area (Å²) in [5, 5.41) is 20.1. The SMILES string of the molecule is CN(C)c1ccc(C=CC=C(C#N)c2cccc([N+](=O)[O-])c2)cc1. The summed E-state index contributed by atoms with van der Waals surface area (Å²) < 4.78 is 0. The highest BCUT2D eigenvalue weighted by atomic mass is 16.6. The van der Waals surface area contributed by atoms with Gasteiger partial charge in [0.05, 0.1) is 16.6 Å². The van der Waals surface area contributed by atoms with E-state index in [1.54, 1.807) is 24.3 Å². The number of nitro benzene ring substituents is 1. The zero-order valence-corrected chi connectivity index (χ0v) is 13.5. The monoisotopic (exact) mass is 319 g/mol. The molecule has 24 heavy (non-hydrogen) atoms. The molecule has 0 heterocycles. The van der Waals surface area contributed by atoms with Gasteiger partial charge in [-0.15, -0.1) is 0 Å². The average molecular weight is 319 g/mol. The van der Waals surface area contributed by atoms with Gasteiger partial charge >= 0.3 is 0 Å². The van der Waals surface area contributed by atoms with Crippen molar-refractivity contribution in [1.29, 1.82) is 5.26 Å². The van der Waals surface area contributed by atoms with Gasteiger partial charge in [0, 0.05) is 31.9 Å². The van der Waals surface area contributed by atoms with Crippen molar-refractivity contribution >= 4 is 23.0 Å². The zero-order valence-electron chi connectivity index (χ0n) is 13.5. The van der Waals surface area contributed by atoms with Gasteiger partial charge in [0.1, 0.15) is 0 Å². The van der Waals surface area contributed by atoms with Crippen LogP contribution in [0.25, 0.3) is 11.6 Å². The first-order chi connectivity index (χ1) is 11.5. The number of hydrogen-bond donors (Lipinski definition) is 0. The van der Waals surface area contributed by atoms with Gasteiger partial charge in [0.2, 0.25) is 0 Å². The number of rotatable bonds is 5. The quantitative estimate of drug-likeness (QED) is 0.357. The van der Waals surface area contributed by atoms with E-state index < -0.39 is 4.92 Å². The molecule has 0 fully saturated rings. The molecular formula is C19H17N3O2. The predicted molar refractivity (Wildman–Crippen MR) is 96.5 cm³/mol. The fourth-order valence-corrected chi connectivity index (χ4v) is 2.12. The second-order valence-electron chi connectivity index (χ2n) is 5.34. The van der Waals surface area contributed by atoms with Crippen molar-refractivity contribution in [2.45, 2.75) is 0 Å². The average Bonchev–Trinajstić information content (AvgIpc) is 2.59. The Bertz CT molecular complexity index is 828. The van der Waals surface area contributed by atoms with Crippen molar-refractivity contribution in [2.75, 3.05) is 19.0 Å². The lowest BCUT2D eigenvalue weighted by Gasteiger charge is -2.11. The van der Waals surface area contributed by atoms with Crippen molar-refractivity contribution in [3.63, 3.8) is 0 Å². The molecule has 0 N–H and O–H groups in total. The highest BCUT2D eigenvalue weighted by molar-refractivity contribution is 5.79. The number of benzene rings is 2. The molecule has 0 saturated heterocycles. The molecule has 2 aromatic carbocycles. The van der Waals surface area contributed by atoms with Gasteiger partial charge in [-0.05, 0) is 29.3 Å². The normalized spacial score (nSPS) is 11.3. The number of non-ortho nitro benzene ring substituents is 1. The first-order valence-electron chi connectivity index (χ1n) is 7.32. The first kappa shape index (κ1) is 17.0. The molecule has 0 aliphatic rings. The Labute approximate surface area is 140 Å². The van der Waals surface area contributed by atoms with Crippen molar-refractivity contribution in [3.05, 3.63) is 81.9 Å². The molecule has 0 unspecified atom stereocenters. The fraction of sp³-hybridized carbons (Fsp3) is 0.105. The van der Waals surface area contributed by atoms with E-state index in [-0.39, 0.29) is 5.69 Å². The molecule has 0 atom stereocenters. The topological polar surface area (TPSA) is 70.2 Å². The van der Waals surface area contributed by atoms with Crippen LogP contribution in [0, 0.1) is 21.4 Å². The first-order valence-corrected chi connectivity index (χ1v) is 7.32. The van der Waals surface area contributed by atoms with Crippen LogP contribution in [0.1, 0.15) is 11.1 Å². The van der Waals surface area contributed by atoms with Gasteiger partial charge in [-0.1, -0.05) is 36.4 Å². The lowest BCUT2D eigenvalue weighted by molar-refractivity contribution is -0.384. The third kappa shape index (κ3) is 4.31. The van der Waals surface area contributed by atoms with Crippen LogP contribution in [-0.2, 0) is 0 Å². The molecule has 5 heteroatoms. The smallest absolute Gasteiger partial charge is 0.270 e. The zero-order chi connectivity index (χ0) is 17.5. The molecule has 0 radical (unpaired) electrons. The number of nitrogens with zero attached hydrogens (tertiary/aromatic N) is 3. The van der Waals surface area contributed by atoms with E-state index in [4.69, 9.17) is 0 Å². The molecule has 0 spiro atoms. The summed E-state index contributed by atoms with van der Waals surface area (Å²) in [4.78, 5) is 12.4. The number of nitro groups is 1. The Morgan fingerprint density at radius 2 is 1.92 bits per heavy atom. The molecule has 120 valence electrons. The molecule has 0 aliphatic carbocycles. The van der Waals surface area contributed by atoms with Crippen molar-refractivity contribution < 1.29 is 4.92 Å². The van der Waals surface area contributed by atoms with Crippen LogP contribution in [0.4, 0.5) is 11.4 Å². The van der Waals surface area contributed by atoms with E-state index >= 15 is 0 Å². The van der Waals surface area contributed by atoms with Gasteiger partial charge in [-0.25, -0.2) is 0 Å². The third-order valence-corrected chi connectivity index (χ3v) is 3.45. The maximum atomic E-state index is 10.8. The molecular weight excluding hydrogens is 302 g/mol. The summed E-state index contributed by atoms with van der Waals surface area (Å²) in [6.45, 7) is 0. The number of nitriles is 1. The Balaban J connectivity index is 2.20. The fourth-order valence-electron chi connectivity index (χ4n) is 2.12. The van der Waals surface area contributed by atoms with Crippen LogP contribution in [0.2, 0.25) is 0 Å². The summed E-state index contributed by atoms with van der Waals surface area (Å²) in [5.74, 6) is 0. The number of allylic oxidation sites excluding steroid dienone is 3. The second-order valence-corrected chi connectivity index (χ2v) is 5.34. The van der Waals surface area contributed by atoms with E-state index in [0.29, 0.717) is 11.1 Å². The number of hydrogen-bond acceptors (Lipinski definition) is 4. The van der Waals surface area contributed by atoms with E-state index in [1.807, 2.05) is 49.3 Å². The summed E-state index contributed by atoms with van der Waals surface area (Å²) in [6, 6.07) is 16.1. The van der Waals surface area contributed by atoms with Gasteiger partial charge in [0.15, 0.2) is 0 Å². The predicted octanol–water partition coefficient (Wildman–Crippen LogP) is 4.28. The summed E-state index contributed by atoms with van der Waals surface area (Å²) in [5.41, 5.74) is 2.99. The van der Waals surface area contributed by atoms with Crippen molar-refractivity contribution in [1.82, 2.24) is 0 Å². The minimum Gasteiger partial charge on any atom is -0.378 e. The van der Waals surface area contributed by atoms with Gasteiger partial charge < -0.3 is 4.90 Å².